The molecule has 3 aliphatic rings. The van der Waals surface area contributed by atoms with Crippen molar-refractivity contribution in [3.05, 3.63) is 40.6 Å². The number of benzene rings is 1. The van der Waals surface area contributed by atoms with Gasteiger partial charge in [0.25, 0.3) is 0 Å². The minimum absolute atomic E-state index is 0.114. The van der Waals surface area contributed by atoms with Crippen LogP contribution in [0.1, 0.15) is 32.1 Å². The third-order valence-electron chi connectivity index (χ3n) is 7.00. The standard InChI is InChI=1S/C23H31N5O5/c29-19-7-12-26(13-8-19)18-5-10-25(11-6-18)17-1-3-20(4-2-17)32-16-21-9-14-27-15-22(28(30)31)24-23(27)33-21/h1-4,15,18-19,21,29H,5-14,16H2/t21-/m1/s1. The highest BCUT2D eigenvalue weighted by Gasteiger charge is 2.29. The quantitative estimate of drug-likeness (QED) is 0.521. The number of hydrogen-bond donors (Lipinski definition) is 1. The van der Waals surface area contributed by atoms with E-state index in [-0.39, 0.29) is 24.0 Å². The molecule has 1 atom stereocenters. The van der Waals surface area contributed by atoms with Gasteiger partial charge in [-0.15, -0.1) is 0 Å². The Kier molecular flexibility index (Phi) is 6.37. The molecular formula is C23H31N5O5. The van der Waals surface area contributed by atoms with E-state index in [0.29, 0.717) is 25.6 Å². The number of fused-ring (bicyclic) bond motifs is 1. The van der Waals surface area contributed by atoms with Crippen molar-refractivity contribution in [3.8, 4) is 11.8 Å². The van der Waals surface area contributed by atoms with Crippen molar-refractivity contribution in [2.75, 3.05) is 37.7 Å². The van der Waals surface area contributed by atoms with Crippen LogP contribution in [0.15, 0.2) is 30.5 Å². The molecule has 0 bridgehead atoms. The Labute approximate surface area is 192 Å². The van der Waals surface area contributed by atoms with Gasteiger partial charge in [-0.25, -0.2) is 0 Å². The molecule has 1 N–H and O–H groups in total. The molecule has 2 fully saturated rings. The van der Waals surface area contributed by atoms with Crippen LogP contribution in [0.4, 0.5) is 11.5 Å². The van der Waals surface area contributed by atoms with E-state index in [9.17, 15) is 15.2 Å². The van der Waals surface area contributed by atoms with Crippen molar-refractivity contribution < 1.29 is 19.5 Å². The summed E-state index contributed by atoms with van der Waals surface area (Å²) >= 11 is 0. The molecule has 1 aromatic carbocycles. The Bertz CT molecular complexity index is 949. The highest BCUT2D eigenvalue weighted by atomic mass is 16.6. The van der Waals surface area contributed by atoms with Gasteiger partial charge in [0.2, 0.25) is 0 Å². The second kappa shape index (κ2) is 9.56. The maximum atomic E-state index is 10.9. The van der Waals surface area contributed by atoms with E-state index in [1.165, 1.54) is 11.9 Å². The number of piperidine rings is 2. The number of ether oxygens (including phenoxy) is 2. The lowest BCUT2D eigenvalue weighted by Gasteiger charge is -2.41. The third kappa shape index (κ3) is 5.06. The first-order chi connectivity index (χ1) is 16.0. The Hall–Kier alpha value is -2.85. The molecule has 0 aliphatic carbocycles. The van der Waals surface area contributed by atoms with E-state index in [0.717, 1.165) is 57.6 Å². The summed E-state index contributed by atoms with van der Waals surface area (Å²) in [6.07, 6.45) is 5.93. The van der Waals surface area contributed by atoms with Gasteiger partial charge in [0.15, 0.2) is 0 Å². The maximum absolute atomic E-state index is 10.9. The van der Waals surface area contributed by atoms with Crippen LogP contribution in [0, 0.1) is 10.1 Å². The fourth-order valence-corrected chi connectivity index (χ4v) is 5.02. The van der Waals surface area contributed by atoms with E-state index in [1.807, 2.05) is 12.1 Å². The van der Waals surface area contributed by atoms with Crippen LogP contribution >= 0.6 is 0 Å². The monoisotopic (exact) mass is 457 g/mol. The molecule has 33 heavy (non-hydrogen) atoms. The number of nitrogens with zero attached hydrogens (tertiary/aromatic N) is 5. The Balaban J connectivity index is 1.08. The third-order valence-corrected chi connectivity index (χ3v) is 7.00. The number of aliphatic hydroxyl groups is 1. The summed E-state index contributed by atoms with van der Waals surface area (Å²) in [6, 6.07) is 9.09. The zero-order chi connectivity index (χ0) is 22.8. The van der Waals surface area contributed by atoms with Crippen molar-refractivity contribution in [1.29, 1.82) is 0 Å². The number of likely N-dealkylation sites (tertiary alicyclic amines) is 1. The average Bonchev–Trinajstić information content (AvgIpc) is 3.28. The summed E-state index contributed by atoms with van der Waals surface area (Å²) in [5.74, 6) is 0.588. The normalized spacial score (nSPS) is 22.6. The van der Waals surface area contributed by atoms with Crippen LogP contribution < -0.4 is 14.4 Å². The van der Waals surface area contributed by atoms with Gasteiger partial charge in [0, 0.05) is 55.9 Å². The van der Waals surface area contributed by atoms with Crippen LogP contribution in [-0.4, -0.2) is 75.5 Å². The van der Waals surface area contributed by atoms with Crippen LogP contribution in [0.3, 0.4) is 0 Å². The maximum Gasteiger partial charge on any atom is 0.414 e. The zero-order valence-electron chi connectivity index (χ0n) is 18.7. The summed E-state index contributed by atoms with van der Waals surface area (Å²) < 4.78 is 13.4. The van der Waals surface area contributed by atoms with Gasteiger partial charge in [-0.05, 0) is 54.9 Å². The first kappa shape index (κ1) is 22.0. The van der Waals surface area contributed by atoms with Crippen LogP contribution in [0.25, 0.3) is 0 Å². The number of hydrogen-bond acceptors (Lipinski definition) is 8. The largest absolute Gasteiger partial charge is 0.490 e. The van der Waals surface area contributed by atoms with Gasteiger partial charge in [-0.2, -0.15) is 0 Å². The number of aromatic nitrogens is 2. The molecule has 10 nitrogen and oxygen atoms in total. The molecule has 0 spiro atoms. The van der Waals surface area contributed by atoms with Gasteiger partial charge < -0.3 is 34.5 Å². The first-order valence-electron chi connectivity index (χ1n) is 11.8. The van der Waals surface area contributed by atoms with E-state index in [4.69, 9.17) is 9.47 Å². The number of rotatable bonds is 6. The highest BCUT2D eigenvalue weighted by molar-refractivity contribution is 5.49. The number of aliphatic hydroxyl groups excluding tert-OH is 1. The summed E-state index contributed by atoms with van der Waals surface area (Å²) in [5.41, 5.74) is 1.21. The van der Waals surface area contributed by atoms with Crippen molar-refractivity contribution in [1.82, 2.24) is 14.5 Å². The minimum atomic E-state index is -0.511. The lowest BCUT2D eigenvalue weighted by molar-refractivity contribution is -0.389. The number of anilines is 1. The van der Waals surface area contributed by atoms with Crippen LogP contribution in [0.5, 0.6) is 11.8 Å². The summed E-state index contributed by atoms with van der Waals surface area (Å²) in [5, 5.41) is 20.6. The fourth-order valence-electron chi connectivity index (χ4n) is 5.02. The van der Waals surface area contributed by atoms with E-state index in [2.05, 4.69) is 26.9 Å². The second-order valence-electron chi connectivity index (χ2n) is 9.15. The fraction of sp³-hybridized carbons (Fsp3) is 0.609. The zero-order valence-corrected chi connectivity index (χ0v) is 18.7. The molecule has 2 aromatic rings. The highest BCUT2D eigenvalue weighted by Crippen LogP contribution is 2.27. The topological polar surface area (TPSA) is 106 Å². The predicted octanol–water partition coefficient (Wildman–Crippen LogP) is 2.45. The molecule has 4 heterocycles. The van der Waals surface area contributed by atoms with Gasteiger partial charge in [-0.3, -0.25) is 4.57 Å². The lowest BCUT2D eigenvalue weighted by Crippen LogP contribution is -2.48. The average molecular weight is 458 g/mol. The molecule has 10 heteroatoms. The predicted molar refractivity (Wildman–Crippen MR) is 122 cm³/mol. The van der Waals surface area contributed by atoms with Gasteiger partial charge in [0.1, 0.15) is 24.7 Å². The SMILES string of the molecule is O=[N+]([O-])c1cn2c(n1)O[C@@H](COc1ccc(N3CCC(N4CCC(O)CC4)CC3)cc1)CC2. The minimum Gasteiger partial charge on any atom is -0.490 e. The van der Waals surface area contributed by atoms with Gasteiger partial charge in [-0.1, -0.05) is 0 Å². The van der Waals surface area contributed by atoms with E-state index >= 15 is 0 Å². The molecule has 0 radical (unpaired) electrons. The number of imidazole rings is 1. The summed E-state index contributed by atoms with van der Waals surface area (Å²) in [6.45, 7) is 5.10. The van der Waals surface area contributed by atoms with Crippen molar-refractivity contribution in [3.63, 3.8) is 0 Å². The molecule has 0 amide bonds. The van der Waals surface area contributed by atoms with Crippen LogP contribution in [-0.2, 0) is 6.54 Å². The van der Waals surface area contributed by atoms with E-state index in [1.54, 1.807) is 4.57 Å². The molecule has 0 saturated carbocycles. The van der Waals surface area contributed by atoms with Gasteiger partial charge >= 0.3 is 11.8 Å². The van der Waals surface area contributed by atoms with Crippen molar-refractivity contribution in [2.24, 2.45) is 0 Å². The number of aryl methyl sites for hydroxylation is 1. The molecule has 2 saturated heterocycles. The lowest BCUT2D eigenvalue weighted by atomic mass is 9.98. The Morgan fingerprint density at radius 2 is 1.79 bits per heavy atom. The Morgan fingerprint density at radius 1 is 1.06 bits per heavy atom. The first-order valence-corrected chi connectivity index (χ1v) is 11.8. The van der Waals surface area contributed by atoms with Gasteiger partial charge in [0.05, 0.1) is 6.10 Å². The molecule has 178 valence electrons. The molecule has 1 aromatic heterocycles. The van der Waals surface area contributed by atoms with Crippen molar-refractivity contribution >= 4 is 11.5 Å². The summed E-state index contributed by atoms with van der Waals surface area (Å²) in [7, 11) is 0. The molecule has 5 rings (SSSR count). The molecular weight excluding hydrogens is 426 g/mol. The Morgan fingerprint density at radius 3 is 2.48 bits per heavy atom. The second-order valence-corrected chi connectivity index (χ2v) is 9.15. The van der Waals surface area contributed by atoms with E-state index < -0.39 is 4.92 Å². The number of nitro groups is 1. The smallest absolute Gasteiger partial charge is 0.414 e. The van der Waals surface area contributed by atoms with Crippen molar-refractivity contribution in [2.45, 2.75) is 56.9 Å². The van der Waals surface area contributed by atoms with Crippen LogP contribution in [0.2, 0.25) is 0 Å². The summed E-state index contributed by atoms with van der Waals surface area (Å²) in [4.78, 5) is 19.3. The molecule has 0 unspecified atom stereocenters. The molecule has 3 aliphatic heterocycles.